The topological polar surface area (TPSA) is 145 Å². The SMILES string of the molecule is NCCOCC(=O)N[C@@H](CCC(N)=O)C(=O)O. The van der Waals surface area contributed by atoms with Gasteiger partial charge in [0.1, 0.15) is 12.6 Å². The standard InChI is InChI=1S/C9H17N3O5/c10-3-4-17-5-8(14)12-6(9(15)16)1-2-7(11)13/h6H,1-5,10H2,(H2,11,13)(H,12,14)(H,15,16)/t6-/m0/s1. The molecular formula is C9H17N3O5. The van der Waals surface area contributed by atoms with E-state index in [1.165, 1.54) is 0 Å². The van der Waals surface area contributed by atoms with Crippen LogP contribution in [0.4, 0.5) is 0 Å². The number of nitrogens with two attached hydrogens (primary N) is 2. The minimum absolute atomic E-state index is 0.0483. The molecule has 0 aliphatic rings. The van der Waals surface area contributed by atoms with E-state index in [9.17, 15) is 14.4 Å². The normalized spacial score (nSPS) is 11.8. The Balaban J connectivity index is 4.02. The van der Waals surface area contributed by atoms with Crippen LogP contribution in [0.3, 0.4) is 0 Å². The van der Waals surface area contributed by atoms with Crippen molar-refractivity contribution < 1.29 is 24.2 Å². The number of carboxylic acids is 1. The number of carbonyl (C=O) groups is 3. The first-order chi connectivity index (χ1) is 7.97. The van der Waals surface area contributed by atoms with Crippen molar-refractivity contribution in [1.82, 2.24) is 5.32 Å². The van der Waals surface area contributed by atoms with Crippen LogP contribution in [0.25, 0.3) is 0 Å². The van der Waals surface area contributed by atoms with Crippen molar-refractivity contribution in [3.63, 3.8) is 0 Å². The molecule has 0 saturated heterocycles. The summed E-state index contributed by atoms with van der Waals surface area (Å²) in [5.41, 5.74) is 10.0. The number of nitrogens with one attached hydrogen (secondary N) is 1. The van der Waals surface area contributed by atoms with Crippen molar-refractivity contribution in [1.29, 1.82) is 0 Å². The molecule has 0 aromatic rings. The highest BCUT2D eigenvalue weighted by atomic mass is 16.5. The second-order valence-corrected chi connectivity index (χ2v) is 3.30. The summed E-state index contributed by atoms with van der Waals surface area (Å²) < 4.78 is 4.83. The summed E-state index contributed by atoms with van der Waals surface area (Å²) in [5.74, 6) is -2.42. The lowest BCUT2D eigenvalue weighted by molar-refractivity contribution is -0.142. The second-order valence-electron chi connectivity index (χ2n) is 3.30. The van der Waals surface area contributed by atoms with Gasteiger partial charge >= 0.3 is 5.97 Å². The fourth-order valence-electron chi connectivity index (χ4n) is 1.03. The van der Waals surface area contributed by atoms with Gasteiger partial charge in [0.25, 0.3) is 0 Å². The first kappa shape index (κ1) is 15.3. The van der Waals surface area contributed by atoms with E-state index < -0.39 is 23.8 Å². The fourth-order valence-corrected chi connectivity index (χ4v) is 1.03. The van der Waals surface area contributed by atoms with E-state index in [4.69, 9.17) is 21.3 Å². The number of aliphatic carboxylic acids is 1. The first-order valence-corrected chi connectivity index (χ1v) is 5.05. The van der Waals surface area contributed by atoms with Crippen LogP contribution >= 0.6 is 0 Å². The Labute approximate surface area is 98.3 Å². The highest BCUT2D eigenvalue weighted by Gasteiger charge is 2.20. The van der Waals surface area contributed by atoms with Crippen LogP contribution in [0.1, 0.15) is 12.8 Å². The van der Waals surface area contributed by atoms with Crippen molar-refractivity contribution in [2.24, 2.45) is 11.5 Å². The number of carboxylic acid groups (broad SMARTS) is 1. The first-order valence-electron chi connectivity index (χ1n) is 5.05. The molecule has 0 aliphatic carbocycles. The Morgan fingerprint density at radius 1 is 1.35 bits per heavy atom. The van der Waals surface area contributed by atoms with Crippen LogP contribution in [0.5, 0.6) is 0 Å². The zero-order valence-corrected chi connectivity index (χ0v) is 9.35. The summed E-state index contributed by atoms with van der Waals surface area (Å²) in [7, 11) is 0. The maximum Gasteiger partial charge on any atom is 0.326 e. The predicted octanol–water partition coefficient (Wildman–Crippen LogP) is -2.20. The van der Waals surface area contributed by atoms with Gasteiger partial charge in [0.15, 0.2) is 0 Å². The molecule has 0 aromatic carbocycles. The van der Waals surface area contributed by atoms with Gasteiger partial charge in [-0.05, 0) is 6.42 Å². The number of hydrogen-bond donors (Lipinski definition) is 4. The molecule has 6 N–H and O–H groups in total. The number of rotatable bonds is 9. The van der Waals surface area contributed by atoms with Gasteiger partial charge in [-0.25, -0.2) is 4.79 Å². The van der Waals surface area contributed by atoms with E-state index in [2.05, 4.69) is 5.32 Å². The number of hydrogen-bond acceptors (Lipinski definition) is 5. The number of primary amides is 1. The molecule has 1 atom stereocenters. The van der Waals surface area contributed by atoms with Crippen molar-refractivity contribution in [3.05, 3.63) is 0 Å². The van der Waals surface area contributed by atoms with Gasteiger partial charge in [-0.1, -0.05) is 0 Å². The van der Waals surface area contributed by atoms with Gasteiger partial charge in [0.2, 0.25) is 11.8 Å². The van der Waals surface area contributed by atoms with E-state index in [-0.39, 0.29) is 32.6 Å². The van der Waals surface area contributed by atoms with Crippen LogP contribution in [0, 0.1) is 0 Å². The molecule has 17 heavy (non-hydrogen) atoms. The minimum Gasteiger partial charge on any atom is -0.480 e. The monoisotopic (exact) mass is 247 g/mol. The van der Waals surface area contributed by atoms with E-state index in [1.807, 2.05) is 0 Å². The molecule has 0 unspecified atom stereocenters. The van der Waals surface area contributed by atoms with Gasteiger partial charge in [0, 0.05) is 13.0 Å². The Kier molecular flexibility index (Phi) is 7.65. The van der Waals surface area contributed by atoms with Crippen molar-refractivity contribution in [2.75, 3.05) is 19.8 Å². The van der Waals surface area contributed by atoms with Crippen LogP contribution in [0.15, 0.2) is 0 Å². The van der Waals surface area contributed by atoms with Crippen LogP contribution in [0.2, 0.25) is 0 Å². The lowest BCUT2D eigenvalue weighted by Crippen LogP contribution is -2.43. The predicted molar refractivity (Wildman–Crippen MR) is 57.9 cm³/mol. The summed E-state index contributed by atoms with van der Waals surface area (Å²) in [6.45, 7) is 0.224. The average molecular weight is 247 g/mol. The van der Waals surface area contributed by atoms with E-state index >= 15 is 0 Å². The maximum absolute atomic E-state index is 11.2. The van der Waals surface area contributed by atoms with Gasteiger partial charge < -0.3 is 26.6 Å². The summed E-state index contributed by atoms with van der Waals surface area (Å²) in [4.78, 5) is 32.5. The van der Waals surface area contributed by atoms with Gasteiger partial charge in [0.05, 0.1) is 6.61 Å². The van der Waals surface area contributed by atoms with Crippen LogP contribution < -0.4 is 16.8 Å². The number of carbonyl (C=O) groups excluding carboxylic acids is 2. The average Bonchev–Trinajstić information content (AvgIpc) is 2.23. The second kappa shape index (κ2) is 8.48. The molecule has 0 spiro atoms. The van der Waals surface area contributed by atoms with Crippen molar-refractivity contribution >= 4 is 17.8 Å². The van der Waals surface area contributed by atoms with Gasteiger partial charge in [-0.2, -0.15) is 0 Å². The molecule has 8 nitrogen and oxygen atoms in total. The largest absolute Gasteiger partial charge is 0.480 e. The third kappa shape index (κ3) is 8.17. The number of amides is 2. The molecule has 0 fully saturated rings. The third-order valence-electron chi connectivity index (χ3n) is 1.81. The molecule has 0 radical (unpaired) electrons. The van der Waals surface area contributed by atoms with E-state index in [0.29, 0.717) is 0 Å². The maximum atomic E-state index is 11.2. The molecule has 8 heteroatoms. The van der Waals surface area contributed by atoms with E-state index in [1.54, 1.807) is 0 Å². The van der Waals surface area contributed by atoms with Gasteiger partial charge in [-0.3, -0.25) is 9.59 Å². The Morgan fingerprint density at radius 2 is 2.00 bits per heavy atom. The molecule has 0 heterocycles. The fraction of sp³-hybridized carbons (Fsp3) is 0.667. The highest BCUT2D eigenvalue weighted by molar-refractivity contribution is 5.84. The quantitative estimate of drug-likeness (QED) is 0.340. The molecule has 0 aliphatic heterocycles. The third-order valence-corrected chi connectivity index (χ3v) is 1.81. The molecule has 0 bridgehead atoms. The van der Waals surface area contributed by atoms with Crippen molar-refractivity contribution in [3.8, 4) is 0 Å². The lowest BCUT2D eigenvalue weighted by atomic mass is 10.1. The van der Waals surface area contributed by atoms with Crippen LogP contribution in [-0.2, 0) is 19.1 Å². The zero-order valence-electron chi connectivity index (χ0n) is 9.35. The molecule has 0 rings (SSSR count). The van der Waals surface area contributed by atoms with Crippen molar-refractivity contribution in [2.45, 2.75) is 18.9 Å². The van der Waals surface area contributed by atoms with Crippen LogP contribution in [-0.4, -0.2) is 48.7 Å². The zero-order chi connectivity index (χ0) is 13.3. The summed E-state index contributed by atoms with van der Waals surface area (Å²) in [6, 6.07) is -1.14. The molecule has 0 aromatic heterocycles. The Hall–Kier alpha value is -1.67. The van der Waals surface area contributed by atoms with E-state index in [0.717, 1.165) is 0 Å². The number of ether oxygens (including phenoxy) is 1. The highest BCUT2D eigenvalue weighted by Crippen LogP contribution is 1.97. The summed E-state index contributed by atoms with van der Waals surface area (Å²) >= 11 is 0. The van der Waals surface area contributed by atoms with Gasteiger partial charge in [-0.15, -0.1) is 0 Å². The molecule has 98 valence electrons. The summed E-state index contributed by atoms with van der Waals surface area (Å²) in [5, 5.41) is 11.0. The Morgan fingerprint density at radius 3 is 2.47 bits per heavy atom. The molecular weight excluding hydrogens is 230 g/mol. The Bertz CT molecular complexity index is 282. The minimum atomic E-state index is -1.22. The molecule has 2 amide bonds. The lowest BCUT2D eigenvalue weighted by Gasteiger charge is -2.13. The molecule has 0 saturated carbocycles. The summed E-state index contributed by atoms with van der Waals surface area (Å²) in [6.07, 6.45) is -0.159. The smallest absolute Gasteiger partial charge is 0.326 e.